The van der Waals surface area contributed by atoms with Gasteiger partial charge in [0.2, 0.25) is 5.91 Å². The molecular formula is C15H22N2O. The van der Waals surface area contributed by atoms with E-state index < -0.39 is 0 Å². The highest BCUT2D eigenvalue weighted by Crippen LogP contribution is 2.22. The van der Waals surface area contributed by atoms with Gasteiger partial charge in [0, 0.05) is 12.6 Å². The van der Waals surface area contributed by atoms with E-state index >= 15 is 0 Å². The molecule has 0 bridgehead atoms. The molecule has 1 aliphatic rings. The van der Waals surface area contributed by atoms with Crippen molar-refractivity contribution in [1.82, 2.24) is 5.32 Å². The second-order valence-electron chi connectivity index (χ2n) is 5.17. The first kappa shape index (κ1) is 13.1. The van der Waals surface area contributed by atoms with Crippen LogP contribution in [0.4, 0.5) is 0 Å². The quantitative estimate of drug-likeness (QED) is 0.852. The SMILES string of the molecule is NC1CCCCC1CNC(=O)Cc1ccccc1. The third kappa shape index (κ3) is 3.84. The van der Waals surface area contributed by atoms with Gasteiger partial charge in [-0.05, 0) is 24.3 Å². The molecule has 0 saturated heterocycles. The summed E-state index contributed by atoms with van der Waals surface area (Å²) >= 11 is 0. The molecule has 0 aliphatic heterocycles. The van der Waals surface area contributed by atoms with Crippen molar-refractivity contribution in [2.75, 3.05) is 6.54 Å². The van der Waals surface area contributed by atoms with Gasteiger partial charge in [-0.15, -0.1) is 0 Å². The Kier molecular flexibility index (Phi) is 4.76. The number of nitrogens with two attached hydrogens (primary N) is 1. The molecular weight excluding hydrogens is 224 g/mol. The Hall–Kier alpha value is -1.35. The van der Waals surface area contributed by atoms with Crippen LogP contribution in [0.5, 0.6) is 0 Å². The van der Waals surface area contributed by atoms with Crippen LogP contribution in [0.25, 0.3) is 0 Å². The van der Waals surface area contributed by atoms with Gasteiger partial charge < -0.3 is 11.1 Å². The van der Waals surface area contributed by atoms with Gasteiger partial charge in [0.05, 0.1) is 6.42 Å². The molecule has 18 heavy (non-hydrogen) atoms. The number of carbonyl (C=O) groups excluding carboxylic acids is 1. The Bertz CT molecular complexity index is 377. The molecule has 1 aliphatic carbocycles. The van der Waals surface area contributed by atoms with Crippen LogP contribution in [-0.4, -0.2) is 18.5 Å². The minimum absolute atomic E-state index is 0.0963. The third-order valence-corrected chi connectivity index (χ3v) is 3.74. The maximum absolute atomic E-state index is 11.8. The number of hydrogen-bond acceptors (Lipinski definition) is 2. The maximum Gasteiger partial charge on any atom is 0.224 e. The zero-order chi connectivity index (χ0) is 12.8. The van der Waals surface area contributed by atoms with Gasteiger partial charge >= 0.3 is 0 Å². The molecule has 0 aromatic heterocycles. The molecule has 2 atom stereocenters. The number of benzene rings is 1. The molecule has 3 nitrogen and oxygen atoms in total. The summed E-state index contributed by atoms with van der Waals surface area (Å²) in [6.07, 6.45) is 5.18. The summed E-state index contributed by atoms with van der Waals surface area (Å²) in [6.45, 7) is 0.729. The number of amides is 1. The lowest BCUT2D eigenvalue weighted by atomic mass is 9.85. The molecule has 2 unspecified atom stereocenters. The maximum atomic E-state index is 11.8. The first-order chi connectivity index (χ1) is 8.75. The fraction of sp³-hybridized carbons (Fsp3) is 0.533. The second kappa shape index (κ2) is 6.55. The molecule has 2 rings (SSSR count). The van der Waals surface area contributed by atoms with Gasteiger partial charge in [0.1, 0.15) is 0 Å². The van der Waals surface area contributed by atoms with Crippen molar-refractivity contribution in [2.45, 2.75) is 38.1 Å². The van der Waals surface area contributed by atoms with Crippen LogP contribution in [0.3, 0.4) is 0 Å². The van der Waals surface area contributed by atoms with E-state index in [-0.39, 0.29) is 11.9 Å². The lowest BCUT2D eigenvalue weighted by Crippen LogP contribution is -2.41. The number of hydrogen-bond donors (Lipinski definition) is 2. The molecule has 3 N–H and O–H groups in total. The van der Waals surface area contributed by atoms with Crippen molar-refractivity contribution in [3.63, 3.8) is 0 Å². The summed E-state index contributed by atoms with van der Waals surface area (Å²) < 4.78 is 0. The minimum atomic E-state index is 0.0963. The Morgan fingerprint density at radius 3 is 2.67 bits per heavy atom. The van der Waals surface area contributed by atoms with Crippen molar-refractivity contribution in [3.8, 4) is 0 Å². The van der Waals surface area contributed by atoms with E-state index in [2.05, 4.69) is 5.32 Å². The summed E-state index contributed by atoms with van der Waals surface area (Å²) in [5.74, 6) is 0.553. The fourth-order valence-electron chi connectivity index (χ4n) is 2.58. The predicted molar refractivity (Wildman–Crippen MR) is 73.1 cm³/mol. The summed E-state index contributed by atoms with van der Waals surface area (Å²) in [5, 5.41) is 3.01. The minimum Gasteiger partial charge on any atom is -0.355 e. The molecule has 98 valence electrons. The Morgan fingerprint density at radius 2 is 1.94 bits per heavy atom. The monoisotopic (exact) mass is 246 g/mol. The summed E-state index contributed by atoms with van der Waals surface area (Å²) in [4.78, 5) is 11.8. The van der Waals surface area contributed by atoms with E-state index in [9.17, 15) is 4.79 Å². The second-order valence-corrected chi connectivity index (χ2v) is 5.17. The number of rotatable bonds is 4. The van der Waals surface area contributed by atoms with E-state index in [1.165, 1.54) is 12.8 Å². The van der Waals surface area contributed by atoms with Crippen LogP contribution >= 0.6 is 0 Å². The van der Waals surface area contributed by atoms with E-state index in [4.69, 9.17) is 5.73 Å². The average molecular weight is 246 g/mol. The third-order valence-electron chi connectivity index (χ3n) is 3.74. The van der Waals surface area contributed by atoms with Gasteiger partial charge in [-0.1, -0.05) is 43.2 Å². The molecule has 0 heterocycles. The smallest absolute Gasteiger partial charge is 0.224 e. The summed E-state index contributed by atoms with van der Waals surface area (Å²) in [5.41, 5.74) is 7.12. The molecule has 1 amide bonds. The average Bonchev–Trinajstić information content (AvgIpc) is 2.39. The molecule has 1 aromatic carbocycles. The first-order valence-electron chi connectivity index (χ1n) is 6.82. The molecule has 0 spiro atoms. The van der Waals surface area contributed by atoms with E-state index in [1.54, 1.807) is 0 Å². The summed E-state index contributed by atoms with van der Waals surface area (Å²) in [7, 11) is 0. The van der Waals surface area contributed by atoms with Gasteiger partial charge in [-0.2, -0.15) is 0 Å². The highest BCUT2D eigenvalue weighted by Gasteiger charge is 2.21. The van der Waals surface area contributed by atoms with Crippen LogP contribution in [0, 0.1) is 5.92 Å². The van der Waals surface area contributed by atoms with Crippen LogP contribution in [0.1, 0.15) is 31.2 Å². The zero-order valence-corrected chi connectivity index (χ0v) is 10.8. The molecule has 0 radical (unpaired) electrons. The number of nitrogens with one attached hydrogen (secondary N) is 1. The topological polar surface area (TPSA) is 55.1 Å². The predicted octanol–water partition coefficient (Wildman–Crippen LogP) is 1.86. The highest BCUT2D eigenvalue weighted by molar-refractivity contribution is 5.78. The van der Waals surface area contributed by atoms with Crippen molar-refractivity contribution >= 4 is 5.91 Å². The van der Waals surface area contributed by atoms with Crippen molar-refractivity contribution < 1.29 is 4.79 Å². The van der Waals surface area contributed by atoms with Crippen LogP contribution in [0.15, 0.2) is 30.3 Å². The van der Waals surface area contributed by atoms with Gasteiger partial charge in [0.15, 0.2) is 0 Å². The normalized spacial score (nSPS) is 23.6. The van der Waals surface area contributed by atoms with Crippen molar-refractivity contribution in [2.24, 2.45) is 11.7 Å². The molecule has 1 aromatic rings. The van der Waals surface area contributed by atoms with Gasteiger partial charge in [0.25, 0.3) is 0 Å². The van der Waals surface area contributed by atoms with E-state index in [0.29, 0.717) is 12.3 Å². The number of carbonyl (C=O) groups is 1. The van der Waals surface area contributed by atoms with Crippen LogP contribution < -0.4 is 11.1 Å². The largest absolute Gasteiger partial charge is 0.355 e. The lowest BCUT2D eigenvalue weighted by molar-refractivity contribution is -0.120. The standard InChI is InChI=1S/C15H22N2O/c16-14-9-5-4-8-13(14)11-17-15(18)10-12-6-2-1-3-7-12/h1-3,6-7,13-14H,4-5,8-11,16H2,(H,17,18). The Morgan fingerprint density at radius 1 is 1.22 bits per heavy atom. The molecule has 1 saturated carbocycles. The van der Waals surface area contributed by atoms with E-state index in [1.807, 2.05) is 30.3 Å². The van der Waals surface area contributed by atoms with Gasteiger partial charge in [-0.25, -0.2) is 0 Å². The van der Waals surface area contributed by atoms with Crippen molar-refractivity contribution in [1.29, 1.82) is 0 Å². The van der Waals surface area contributed by atoms with Gasteiger partial charge in [-0.3, -0.25) is 4.79 Å². The lowest BCUT2D eigenvalue weighted by Gasteiger charge is -2.28. The molecule has 1 fully saturated rings. The first-order valence-corrected chi connectivity index (χ1v) is 6.82. The molecule has 3 heteroatoms. The van der Waals surface area contributed by atoms with E-state index in [0.717, 1.165) is 24.9 Å². The Balaban J connectivity index is 1.74. The van der Waals surface area contributed by atoms with Crippen LogP contribution in [0.2, 0.25) is 0 Å². The fourth-order valence-corrected chi connectivity index (χ4v) is 2.58. The van der Waals surface area contributed by atoms with Crippen LogP contribution in [-0.2, 0) is 11.2 Å². The zero-order valence-electron chi connectivity index (χ0n) is 10.8. The van der Waals surface area contributed by atoms with Crippen molar-refractivity contribution in [3.05, 3.63) is 35.9 Å². The Labute approximate surface area is 109 Å². The highest BCUT2D eigenvalue weighted by atomic mass is 16.1. The summed E-state index contributed by atoms with van der Waals surface area (Å²) in [6, 6.07) is 10.1.